The highest BCUT2D eigenvalue weighted by Gasteiger charge is 2.24. The molecule has 1 rings (SSSR count). The van der Waals surface area contributed by atoms with Crippen LogP contribution in [-0.2, 0) is 0 Å². The average Bonchev–Trinajstić information content (AvgIpc) is 2.24. The lowest BCUT2D eigenvalue weighted by Gasteiger charge is -2.37. The van der Waals surface area contributed by atoms with Crippen LogP contribution in [0.25, 0.3) is 0 Å². The molecule has 2 nitrogen and oxygen atoms in total. The topological polar surface area (TPSA) is 15.3 Å². The molecule has 1 N–H and O–H groups in total. The zero-order valence-electron chi connectivity index (χ0n) is 10.5. The summed E-state index contributed by atoms with van der Waals surface area (Å²) >= 11 is 2.12. The van der Waals surface area contributed by atoms with Crippen molar-refractivity contribution in [2.45, 2.75) is 44.9 Å². The maximum Gasteiger partial charge on any atom is 0.0184 e. The van der Waals surface area contributed by atoms with E-state index >= 15 is 0 Å². The van der Waals surface area contributed by atoms with Crippen LogP contribution < -0.4 is 5.32 Å². The van der Waals surface area contributed by atoms with E-state index in [9.17, 15) is 0 Å². The SMILES string of the molecule is CCCCNCCN1CCSC(C)C1C. The van der Waals surface area contributed by atoms with Gasteiger partial charge in [0.1, 0.15) is 0 Å². The Morgan fingerprint density at radius 3 is 2.87 bits per heavy atom. The van der Waals surface area contributed by atoms with E-state index in [0.29, 0.717) is 0 Å². The van der Waals surface area contributed by atoms with Gasteiger partial charge in [-0.25, -0.2) is 0 Å². The molecular formula is C12H26N2S. The van der Waals surface area contributed by atoms with Gasteiger partial charge in [-0.15, -0.1) is 0 Å². The Bertz CT molecular complexity index is 164. The molecule has 0 aromatic rings. The second kappa shape index (κ2) is 7.53. The third-order valence-electron chi connectivity index (χ3n) is 3.30. The Balaban J connectivity index is 2.09. The number of nitrogens with zero attached hydrogens (tertiary/aromatic N) is 1. The van der Waals surface area contributed by atoms with E-state index in [-0.39, 0.29) is 0 Å². The molecule has 15 heavy (non-hydrogen) atoms. The Morgan fingerprint density at radius 1 is 1.33 bits per heavy atom. The molecule has 2 atom stereocenters. The third kappa shape index (κ3) is 4.75. The molecule has 0 radical (unpaired) electrons. The fraction of sp³-hybridized carbons (Fsp3) is 1.00. The molecule has 90 valence electrons. The minimum absolute atomic E-state index is 0.747. The van der Waals surface area contributed by atoms with Crippen LogP contribution in [0.1, 0.15) is 33.6 Å². The second-order valence-electron chi connectivity index (χ2n) is 4.46. The Hall–Kier alpha value is 0.270. The number of unbranched alkanes of at least 4 members (excludes halogenated alkanes) is 1. The number of hydrogen-bond acceptors (Lipinski definition) is 3. The third-order valence-corrected chi connectivity index (χ3v) is 4.64. The van der Waals surface area contributed by atoms with Crippen LogP contribution in [-0.4, -0.2) is 48.1 Å². The van der Waals surface area contributed by atoms with E-state index in [4.69, 9.17) is 0 Å². The first kappa shape index (κ1) is 13.3. The van der Waals surface area contributed by atoms with Crippen molar-refractivity contribution < 1.29 is 0 Å². The maximum atomic E-state index is 3.52. The standard InChI is InChI=1S/C12H26N2S/c1-4-5-6-13-7-8-14-9-10-15-12(3)11(14)2/h11-13H,4-10H2,1-3H3. The highest BCUT2D eigenvalue weighted by atomic mass is 32.2. The van der Waals surface area contributed by atoms with E-state index in [1.807, 2.05) is 0 Å². The zero-order chi connectivity index (χ0) is 11.1. The van der Waals surface area contributed by atoms with Crippen molar-refractivity contribution in [1.82, 2.24) is 10.2 Å². The van der Waals surface area contributed by atoms with Crippen LogP contribution in [0.2, 0.25) is 0 Å². The zero-order valence-corrected chi connectivity index (χ0v) is 11.3. The van der Waals surface area contributed by atoms with Gasteiger partial charge in [0.05, 0.1) is 0 Å². The molecule has 0 aromatic heterocycles. The van der Waals surface area contributed by atoms with Crippen LogP contribution in [0.4, 0.5) is 0 Å². The van der Waals surface area contributed by atoms with Crippen molar-refractivity contribution in [3.05, 3.63) is 0 Å². The highest BCUT2D eigenvalue weighted by Crippen LogP contribution is 2.23. The molecule has 1 saturated heterocycles. The summed E-state index contributed by atoms with van der Waals surface area (Å²) in [5.74, 6) is 1.31. The van der Waals surface area contributed by atoms with Crippen LogP contribution in [0.3, 0.4) is 0 Å². The molecule has 1 aliphatic heterocycles. The lowest BCUT2D eigenvalue weighted by Crippen LogP contribution is -2.47. The van der Waals surface area contributed by atoms with Crippen LogP contribution in [0, 0.1) is 0 Å². The second-order valence-corrected chi connectivity index (χ2v) is 5.94. The van der Waals surface area contributed by atoms with Crippen molar-refractivity contribution >= 4 is 11.8 Å². The normalized spacial score (nSPS) is 28.2. The van der Waals surface area contributed by atoms with Gasteiger partial charge in [0.15, 0.2) is 0 Å². The summed E-state index contributed by atoms with van der Waals surface area (Å²) in [4.78, 5) is 2.63. The minimum Gasteiger partial charge on any atom is -0.315 e. The molecule has 0 aliphatic carbocycles. The van der Waals surface area contributed by atoms with Crippen molar-refractivity contribution in [2.75, 3.05) is 31.9 Å². The molecular weight excluding hydrogens is 204 g/mol. The van der Waals surface area contributed by atoms with Crippen LogP contribution in [0.15, 0.2) is 0 Å². The van der Waals surface area contributed by atoms with Gasteiger partial charge < -0.3 is 5.32 Å². The van der Waals surface area contributed by atoms with Crippen LogP contribution in [0.5, 0.6) is 0 Å². The Morgan fingerprint density at radius 2 is 2.13 bits per heavy atom. The van der Waals surface area contributed by atoms with Crippen molar-refractivity contribution in [3.8, 4) is 0 Å². The quantitative estimate of drug-likeness (QED) is 0.704. The summed E-state index contributed by atoms with van der Waals surface area (Å²) in [7, 11) is 0. The first-order valence-electron chi connectivity index (χ1n) is 6.32. The van der Waals surface area contributed by atoms with Crippen molar-refractivity contribution in [2.24, 2.45) is 0 Å². The fourth-order valence-electron chi connectivity index (χ4n) is 1.96. The predicted molar refractivity (Wildman–Crippen MR) is 70.7 cm³/mol. The van der Waals surface area contributed by atoms with Crippen molar-refractivity contribution in [1.29, 1.82) is 0 Å². The Kier molecular flexibility index (Phi) is 6.69. The summed E-state index contributed by atoms with van der Waals surface area (Å²) in [6.07, 6.45) is 2.60. The highest BCUT2D eigenvalue weighted by molar-refractivity contribution is 8.00. The van der Waals surface area contributed by atoms with E-state index in [2.05, 4.69) is 42.7 Å². The number of rotatable bonds is 6. The summed E-state index contributed by atoms with van der Waals surface area (Å²) in [6.45, 7) is 11.8. The summed E-state index contributed by atoms with van der Waals surface area (Å²) in [5.41, 5.74) is 0. The van der Waals surface area contributed by atoms with Gasteiger partial charge in [-0.1, -0.05) is 20.3 Å². The van der Waals surface area contributed by atoms with Gasteiger partial charge in [-0.05, 0) is 19.9 Å². The minimum atomic E-state index is 0.747. The lowest BCUT2D eigenvalue weighted by atomic mass is 10.2. The molecule has 2 unspecified atom stereocenters. The van der Waals surface area contributed by atoms with Gasteiger partial charge in [-0.2, -0.15) is 11.8 Å². The molecule has 0 aromatic carbocycles. The van der Waals surface area contributed by atoms with Gasteiger partial charge >= 0.3 is 0 Å². The van der Waals surface area contributed by atoms with Gasteiger partial charge in [0.25, 0.3) is 0 Å². The lowest BCUT2D eigenvalue weighted by molar-refractivity contribution is 0.213. The number of thioether (sulfide) groups is 1. The van der Waals surface area contributed by atoms with E-state index in [1.54, 1.807) is 0 Å². The largest absolute Gasteiger partial charge is 0.315 e. The molecule has 1 heterocycles. The molecule has 0 spiro atoms. The molecule has 0 saturated carbocycles. The molecule has 0 bridgehead atoms. The van der Waals surface area contributed by atoms with Crippen molar-refractivity contribution in [3.63, 3.8) is 0 Å². The van der Waals surface area contributed by atoms with Gasteiger partial charge in [0, 0.05) is 36.7 Å². The maximum absolute atomic E-state index is 3.52. The smallest absolute Gasteiger partial charge is 0.0184 e. The number of nitrogens with one attached hydrogen (secondary N) is 1. The summed E-state index contributed by atoms with van der Waals surface area (Å²) in [5, 5.41) is 4.32. The van der Waals surface area contributed by atoms with Gasteiger partial charge in [0.2, 0.25) is 0 Å². The molecule has 1 aliphatic rings. The van der Waals surface area contributed by atoms with Crippen LogP contribution >= 0.6 is 11.8 Å². The average molecular weight is 230 g/mol. The first-order chi connectivity index (χ1) is 7.25. The molecule has 3 heteroatoms. The predicted octanol–water partition coefficient (Wildman–Crippen LogP) is 2.20. The number of hydrogen-bond donors (Lipinski definition) is 1. The van der Waals surface area contributed by atoms with E-state index < -0.39 is 0 Å². The van der Waals surface area contributed by atoms with Gasteiger partial charge in [-0.3, -0.25) is 4.90 Å². The Labute approximate surface area is 99.2 Å². The monoisotopic (exact) mass is 230 g/mol. The molecule has 0 amide bonds. The van der Waals surface area contributed by atoms with E-state index in [1.165, 1.54) is 38.2 Å². The van der Waals surface area contributed by atoms with E-state index in [0.717, 1.165) is 17.8 Å². The summed E-state index contributed by atoms with van der Waals surface area (Å²) in [6, 6.07) is 0.747. The fourth-order valence-corrected chi connectivity index (χ4v) is 3.12. The molecule has 1 fully saturated rings. The summed E-state index contributed by atoms with van der Waals surface area (Å²) < 4.78 is 0. The first-order valence-corrected chi connectivity index (χ1v) is 7.37.